The first kappa shape index (κ1) is 20.6. The molecule has 3 aromatic rings. The second kappa shape index (κ2) is 7.92. The summed E-state index contributed by atoms with van der Waals surface area (Å²) < 4.78 is 49.3. The Morgan fingerprint density at radius 3 is 2.41 bits per heavy atom. The molecular weight excluding hydrogens is 396 g/mol. The van der Waals surface area contributed by atoms with Gasteiger partial charge >= 0.3 is 0 Å². The number of pyridine rings is 1. The molecule has 0 aliphatic carbocycles. The van der Waals surface area contributed by atoms with E-state index in [1.807, 2.05) is 13.8 Å². The molecule has 0 aromatic carbocycles. The molecule has 3 rings (SSSR count). The summed E-state index contributed by atoms with van der Waals surface area (Å²) in [6.07, 6.45) is 4.31. The molecule has 13 heteroatoms. The first-order valence-electron chi connectivity index (χ1n) is 7.83. The van der Waals surface area contributed by atoms with Crippen molar-refractivity contribution >= 4 is 30.9 Å². The zero-order valence-electron chi connectivity index (χ0n) is 14.8. The number of hydrogen-bond donors (Lipinski definition) is 0. The van der Waals surface area contributed by atoms with Gasteiger partial charge < -0.3 is 0 Å². The Labute approximate surface area is 155 Å². The summed E-state index contributed by atoms with van der Waals surface area (Å²) in [6, 6.07) is 2.67. The summed E-state index contributed by atoms with van der Waals surface area (Å²) in [5.74, 6) is -0.451. The number of hydrogen-bond acceptors (Lipinski definition) is 9. The van der Waals surface area contributed by atoms with Crippen LogP contribution in [0.15, 0.2) is 40.9 Å². The zero-order valence-corrected chi connectivity index (χ0v) is 16.5. The van der Waals surface area contributed by atoms with Crippen LogP contribution in [0.5, 0.6) is 0 Å². The van der Waals surface area contributed by atoms with E-state index in [1.165, 1.54) is 18.3 Å². The van der Waals surface area contributed by atoms with Crippen molar-refractivity contribution in [1.29, 1.82) is 0 Å². The van der Waals surface area contributed by atoms with E-state index in [1.54, 1.807) is 0 Å². The normalized spacial score (nSPS) is 11.8. The number of aryl methyl sites for hydroxylation is 1. The second-order valence-electron chi connectivity index (χ2n) is 5.11. The van der Waals surface area contributed by atoms with Gasteiger partial charge in [-0.1, -0.05) is 13.8 Å². The fourth-order valence-corrected chi connectivity index (χ4v) is 3.57. The largest absolute Gasteiger partial charge is 0.291 e. The van der Waals surface area contributed by atoms with E-state index in [4.69, 9.17) is 0 Å². The van der Waals surface area contributed by atoms with Gasteiger partial charge in [-0.05, 0) is 6.07 Å². The highest BCUT2D eigenvalue weighted by Gasteiger charge is 2.17. The third kappa shape index (κ3) is 4.54. The minimum atomic E-state index is -3.82. The lowest BCUT2D eigenvalue weighted by molar-refractivity contribution is 0.571. The Morgan fingerprint density at radius 1 is 1.11 bits per heavy atom. The Bertz CT molecular complexity index is 1200. The van der Waals surface area contributed by atoms with Gasteiger partial charge in [-0.15, -0.1) is 9.19 Å². The van der Waals surface area contributed by atoms with Crippen LogP contribution in [0.25, 0.3) is 11.0 Å². The number of aromatic nitrogens is 6. The van der Waals surface area contributed by atoms with Crippen LogP contribution >= 0.6 is 0 Å². The minimum Gasteiger partial charge on any atom is -0.291 e. The Kier molecular flexibility index (Phi) is 6.05. The van der Waals surface area contributed by atoms with Gasteiger partial charge in [0.25, 0.3) is 15.6 Å². The molecule has 0 saturated heterocycles. The standard InChI is InChI=1S/C12H12N6O5S2.C2H6/c1-24(20,21)12-14-6-9-2-3-10(19)17(11(9)16-12)4-5-25(22,23)18-8-13-7-15-18;1-2/h2-3,6-8H,4-5H2,1H3;1-2H3. The molecule has 3 heterocycles. The number of sulfone groups is 1. The van der Waals surface area contributed by atoms with Gasteiger partial charge in [-0.25, -0.2) is 26.8 Å². The maximum atomic E-state index is 12.2. The third-order valence-corrected chi connectivity index (χ3v) is 5.61. The molecule has 0 amide bonds. The van der Waals surface area contributed by atoms with Gasteiger partial charge in [0.2, 0.25) is 15.0 Å². The summed E-state index contributed by atoms with van der Waals surface area (Å²) in [7, 11) is -7.50. The van der Waals surface area contributed by atoms with Crippen LogP contribution in [0.4, 0.5) is 0 Å². The number of nitrogens with zero attached hydrogens (tertiary/aromatic N) is 6. The van der Waals surface area contributed by atoms with E-state index < -0.39 is 36.3 Å². The molecular formula is C14H18N6O5S2. The molecule has 0 saturated carbocycles. The van der Waals surface area contributed by atoms with Gasteiger partial charge in [0.1, 0.15) is 18.3 Å². The lowest BCUT2D eigenvalue weighted by Crippen LogP contribution is -2.27. The van der Waals surface area contributed by atoms with Crippen LogP contribution in [0, 0.1) is 0 Å². The minimum absolute atomic E-state index is 0.0386. The van der Waals surface area contributed by atoms with Crippen molar-refractivity contribution in [3.63, 3.8) is 0 Å². The molecule has 0 aliphatic heterocycles. The smallest absolute Gasteiger partial charge is 0.256 e. The monoisotopic (exact) mass is 414 g/mol. The molecule has 11 nitrogen and oxygen atoms in total. The highest BCUT2D eigenvalue weighted by molar-refractivity contribution is 7.90. The molecule has 3 aromatic heterocycles. The van der Waals surface area contributed by atoms with E-state index in [9.17, 15) is 21.6 Å². The predicted octanol–water partition coefficient (Wildman–Crippen LogP) is -0.309. The van der Waals surface area contributed by atoms with Crippen molar-refractivity contribution in [3.8, 4) is 0 Å². The summed E-state index contributed by atoms with van der Waals surface area (Å²) in [5, 5.41) is 3.52. The van der Waals surface area contributed by atoms with Gasteiger partial charge in [0.05, 0.1) is 5.75 Å². The Balaban J connectivity index is 0.00000126. The molecule has 0 aliphatic rings. The topological polar surface area (TPSA) is 147 Å². The van der Waals surface area contributed by atoms with Crippen LogP contribution in [-0.4, -0.2) is 57.5 Å². The predicted molar refractivity (Wildman–Crippen MR) is 97.5 cm³/mol. The maximum Gasteiger partial charge on any atom is 0.256 e. The summed E-state index contributed by atoms with van der Waals surface area (Å²) in [4.78, 5) is 23.3. The molecule has 0 fully saturated rings. The van der Waals surface area contributed by atoms with Crippen LogP contribution < -0.4 is 5.56 Å². The lowest BCUT2D eigenvalue weighted by Gasteiger charge is -2.10. The molecule has 27 heavy (non-hydrogen) atoms. The highest BCUT2D eigenvalue weighted by atomic mass is 32.2. The van der Waals surface area contributed by atoms with Crippen LogP contribution in [0.2, 0.25) is 0 Å². The molecule has 0 spiro atoms. The van der Waals surface area contributed by atoms with Gasteiger partial charge in [0, 0.05) is 30.4 Å². The molecule has 0 radical (unpaired) electrons. The maximum absolute atomic E-state index is 12.2. The Hall–Kier alpha value is -2.67. The molecule has 0 atom stereocenters. The van der Waals surface area contributed by atoms with Gasteiger partial charge in [-0.3, -0.25) is 9.36 Å². The molecule has 146 valence electrons. The van der Waals surface area contributed by atoms with Gasteiger partial charge in [0.15, 0.2) is 0 Å². The van der Waals surface area contributed by atoms with Crippen LogP contribution in [0.3, 0.4) is 0 Å². The summed E-state index contributed by atoms with van der Waals surface area (Å²) in [6.45, 7) is 3.76. The third-order valence-electron chi connectivity index (χ3n) is 3.29. The number of fused-ring (bicyclic) bond motifs is 1. The lowest BCUT2D eigenvalue weighted by atomic mass is 10.3. The van der Waals surface area contributed by atoms with Crippen molar-refractivity contribution in [1.82, 2.24) is 28.7 Å². The summed E-state index contributed by atoms with van der Waals surface area (Å²) in [5.41, 5.74) is -0.476. The van der Waals surface area contributed by atoms with Crippen molar-refractivity contribution in [2.24, 2.45) is 0 Å². The average molecular weight is 414 g/mol. The van der Waals surface area contributed by atoms with Crippen molar-refractivity contribution in [3.05, 3.63) is 41.3 Å². The number of rotatable bonds is 5. The van der Waals surface area contributed by atoms with Crippen LogP contribution in [-0.2, 0) is 26.4 Å². The second-order valence-corrected chi connectivity index (χ2v) is 8.97. The van der Waals surface area contributed by atoms with E-state index in [0.29, 0.717) is 9.47 Å². The first-order chi connectivity index (χ1) is 12.7. The fraction of sp³-hybridized carbons (Fsp3) is 0.357. The van der Waals surface area contributed by atoms with Crippen molar-refractivity contribution < 1.29 is 16.8 Å². The van der Waals surface area contributed by atoms with Crippen LogP contribution in [0.1, 0.15) is 13.8 Å². The molecule has 0 bridgehead atoms. The fourth-order valence-electron chi connectivity index (χ4n) is 2.09. The first-order valence-corrected chi connectivity index (χ1v) is 11.3. The van der Waals surface area contributed by atoms with Crippen molar-refractivity contribution in [2.45, 2.75) is 25.5 Å². The van der Waals surface area contributed by atoms with Gasteiger partial charge in [-0.2, -0.15) is 4.98 Å². The highest BCUT2D eigenvalue weighted by Crippen LogP contribution is 2.11. The summed E-state index contributed by atoms with van der Waals surface area (Å²) >= 11 is 0. The van der Waals surface area contributed by atoms with E-state index in [0.717, 1.165) is 23.5 Å². The van der Waals surface area contributed by atoms with E-state index in [-0.39, 0.29) is 12.2 Å². The quantitative estimate of drug-likeness (QED) is 0.513. The molecule has 0 N–H and O–H groups in total. The van der Waals surface area contributed by atoms with Crippen molar-refractivity contribution in [2.75, 3.05) is 12.0 Å². The Morgan fingerprint density at radius 2 is 1.81 bits per heavy atom. The zero-order chi connectivity index (χ0) is 20.2. The average Bonchev–Trinajstić information content (AvgIpc) is 3.17. The SMILES string of the molecule is CC.CS(=O)(=O)c1ncc2ccc(=O)n(CCS(=O)(=O)n3cncn3)c2n1. The van der Waals surface area contributed by atoms with E-state index in [2.05, 4.69) is 20.1 Å². The van der Waals surface area contributed by atoms with E-state index >= 15 is 0 Å². The molecule has 0 unspecified atom stereocenters.